The summed E-state index contributed by atoms with van der Waals surface area (Å²) in [5, 5.41) is 12.1. The molecular formula is C16H23N3. The lowest BCUT2D eigenvalue weighted by atomic mass is 9.79. The minimum atomic E-state index is 0.621. The third-order valence-corrected chi connectivity index (χ3v) is 4.56. The first kappa shape index (κ1) is 12.5. The number of fused-ring (bicyclic) bond motifs is 1. The van der Waals surface area contributed by atoms with Gasteiger partial charge in [-0.3, -0.25) is 5.10 Å². The van der Waals surface area contributed by atoms with E-state index in [0.29, 0.717) is 6.04 Å². The summed E-state index contributed by atoms with van der Waals surface area (Å²) in [5.41, 5.74) is 2.33. The Labute approximate surface area is 114 Å². The standard InChI is InChI=1S/C16H23N3/c1-11(2)12-6-8-13(9-7-12)18-15-4-3-5-16-14(15)10-17-19-16/h3-5,10-13,18H,6-9H2,1-2H3,(H,17,19). The van der Waals surface area contributed by atoms with Gasteiger partial charge in [0.1, 0.15) is 0 Å². The van der Waals surface area contributed by atoms with Crippen LogP contribution in [0.3, 0.4) is 0 Å². The van der Waals surface area contributed by atoms with Crippen molar-refractivity contribution < 1.29 is 0 Å². The molecule has 0 aliphatic heterocycles. The third-order valence-electron chi connectivity index (χ3n) is 4.56. The van der Waals surface area contributed by atoms with Crippen molar-refractivity contribution in [1.82, 2.24) is 10.2 Å². The Hall–Kier alpha value is -1.51. The zero-order valence-electron chi connectivity index (χ0n) is 11.8. The SMILES string of the molecule is CC(C)C1CCC(Nc2cccc3[nH]ncc23)CC1. The molecule has 0 atom stereocenters. The highest BCUT2D eigenvalue weighted by atomic mass is 15.1. The fraction of sp³-hybridized carbons (Fsp3) is 0.562. The molecule has 19 heavy (non-hydrogen) atoms. The average Bonchev–Trinajstić information content (AvgIpc) is 2.89. The van der Waals surface area contributed by atoms with Crippen LogP contribution >= 0.6 is 0 Å². The number of aromatic nitrogens is 2. The molecule has 102 valence electrons. The van der Waals surface area contributed by atoms with Crippen molar-refractivity contribution in [3.8, 4) is 0 Å². The molecule has 1 aliphatic rings. The zero-order valence-corrected chi connectivity index (χ0v) is 11.8. The van der Waals surface area contributed by atoms with Crippen molar-refractivity contribution in [2.24, 2.45) is 11.8 Å². The molecule has 0 amide bonds. The highest BCUT2D eigenvalue weighted by Gasteiger charge is 2.23. The quantitative estimate of drug-likeness (QED) is 0.865. The van der Waals surface area contributed by atoms with E-state index in [1.165, 1.54) is 36.8 Å². The van der Waals surface area contributed by atoms with E-state index in [4.69, 9.17) is 0 Å². The minimum absolute atomic E-state index is 0.621. The fourth-order valence-corrected chi connectivity index (χ4v) is 3.24. The third kappa shape index (κ3) is 2.60. The molecule has 0 radical (unpaired) electrons. The van der Waals surface area contributed by atoms with Crippen LogP contribution in [0.4, 0.5) is 5.69 Å². The summed E-state index contributed by atoms with van der Waals surface area (Å²) >= 11 is 0. The molecule has 0 spiro atoms. The Bertz CT molecular complexity index is 536. The van der Waals surface area contributed by atoms with Gasteiger partial charge in [-0.15, -0.1) is 0 Å². The van der Waals surface area contributed by atoms with Crippen LogP contribution in [0.2, 0.25) is 0 Å². The van der Waals surface area contributed by atoms with Crippen LogP contribution in [0.5, 0.6) is 0 Å². The van der Waals surface area contributed by atoms with E-state index < -0.39 is 0 Å². The normalized spacial score (nSPS) is 23.9. The molecule has 1 heterocycles. The molecule has 1 aliphatic carbocycles. The summed E-state index contributed by atoms with van der Waals surface area (Å²) in [7, 11) is 0. The molecule has 3 rings (SSSR count). The smallest absolute Gasteiger partial charge is 0.0671 e. The van der Waals surface area contributed by atoms with Crippen molar-refractivity contribution in [1.29, 1.82) is 0 Å². The average molecular weight is 257 g/mol. The van der Waals surface area contributed by atoms with Gasteiger partial charge >= 0.3 is 0 Å². The fourth-order valence-electron chi connectivity index (χ4n) is 3.24. The van der Waals surface area contributed by atoms with Crippen LogP contribution < -0.4 is 5.32 Å². The van der Waals surface area contributed by atoms with Crippen LogP contribution in [0.25, 0.3) is 10.9 Å². The van der Waals surface area contributed by atoms with E-state index in [2.05, 4.69) is 47.6 Å². The molecule has 1 saturated carbocycles. The predicted octanol–water partition coefficient (Wildman–Crippen LogP) is 4.19. The number of hydrogen-bond donors (Lipinski definition) is 2. The van der Waals surface area contributed by atoms with Gasteiger partial charge in [0.25, 0.3) is 0 Å². The number of benzene rings is 1. The van der Waals surface area contributed by atoms with E-state index in [1.807, 2.05) is 6.20 Å². The lowest BCUT2D eigenvalue weighted by Crippen LogP contribution is -2.27. The summed E-state index contributed by atoms with van der Waals surface area (Å²) < 4.78 is 0. The van der Waals surface area contributed by atoms with Gasteiger partial charge in [0.2, 0.25) is 0 Å². The van der Waals surface area contributed by atoms with Gasteiger partial charge in [-0.05, 0) is 49.7 Å². The largest absolute Gasteiger partial charge is 0.382 e. The Morgan fingerprint density at radius 1 is 1.21 bits per heavy atom. The summed E-state index contributed by atoms with van der Waals surface area (Å²) in [4.78, 5) is 0. The number of rotatable bonds is 3. The van der Waals surface area contributed by atoms with Gasteiger partial charge in [0, 0.05) is 17.1 Å². The second-order valence-corrected chi connectivity index (χ2v) is 6.14. The Morgan fingerprint density at radius 2 is 2.00 bits per heavy atom. The molecular weight excluding hydrogens is 234 g/mol. The van der Waals surface area contributed by atoms with E-state index >= 15 is 0 Å². The van der Waals surface area contributed by atoms with Crippen LogP contribution in [0.1, 0.15) is 39.5 Å². The van der Waals surface area contributed by atoms with E-state index in [0.717, 1.165) is 17.4 Å². The maximum Gasteiger partial charge on any atom is 0.0671 e. The highest BCUT2D eigenvalue weighted by molar-refractivity contribution is 5.90. The van der Waals surface area contributed by atoms with Crippen LogP contribution in [-0.2, 0) is 0 Å². The number of anilines is 1. The first-order valence-corrected chi connectivity index (χ1v) is 7.42. The lowest BCUT2D eigenvalue weighted by molar-refractivity contribution is 0.267. The highest BCUT2D eigenvalue weighted by Crippen LogP contribution is 2.32. The molecule has 3 nitrogen and oxygen atoms in total. The Kier molecular flexibility index (Phi) is 3.45. The van der Waals surface area contributed by atoms with Gasteiger partial charge in [0.15, 0.2) is 0 Å². The topological polar surface area (TPSA) is 40.7 Å². The van der Waals surface area contributed by atoms with Gasteiger partial charge in [-0.1, -0.05) is 19.9 Å². The van der Waals surface area contributed by atoms with E-state index in [1.54, 1.807) is 0 Å². The van der Waals surface area contributed by atoms with Crippen LogP contribution in [0, 0.1) is 11.8 Å². The number of nitrogens with zero attached hydrogens (tertiary/aromatic N) is 1. The molecule has 3 heteroatoms. The first-order valence-electron chi connectivity index (χ1n) is 7.42. The summed E-state index contributed by atoms with van der Waals surface area (Å²) in [6.07, 6.45) is 7.21. The number of H-pyrrole nitrogens is 1. The molecule has 1 fully saturated rings. The second-order valence-electron chi connectivity index (χ2n) is 6.14. The maximum atomic E-state index is 4.13. The van der Waals surface area contributed by atoms with Crippen molar-refractivity contribution in [3.63, 3.8) is 0 Å². The van der Waals surface area contributed by atoms with Gasteiger partial charge < -0.3 is 5.32 Å². The van der Waals surface area contributed by atoms with Crippen molar-refractivity contribution >= 4 is 16.6 Å². The van der Waals surface area contributed by atoms with Crippen molar-refractivity contribution in [2.75, 3.05) is 5.32 Å². The molecule has 1 aromatic heterocycles. The molecule has 1 aromatic carbocycles. The maximum absolute atomic E-state index is 4.13. The number of aromatic amines is 1. The first-order chi connectivity index (χ1) is 9.24. The number of nitrogens with one attached hydrogen (secondary N) is 2. The predicted molar refractivity (Wildman–Crippen MR) is 80.3 cm³/mol. The zero-order chi connectivity index (χ0) is 13.2. The van der Waals surface area contributed by atoms with Crippen LogP contribution in [0.15, 0.2) is 24.4 Å². The summed E-state index contributed by atoms with van der Waals surface area (Å²) in [6.45, 7) is 4.70. The van der Waals surface area contributed by atoms with Crippen molar-refractivity contribution in [3.05, 3.63) is 24.4 Å². The minimum Gasteiger partial charge on any atom is -0.382 e. The van der Waals surface area contributed by atoms with Crippen LogP contribution in [-0.4, -0.2) is 16.2 Å². The van der Waals surface area contributed by atoms with Gasteiger partial charge in [-0.2, -0.15) is 5.10 Å². The monoisotopic (exact) mass is 257 g/mol. The van der Waals surface area contributed by atoms with Crippen molar-refractivity contribution in [2.45, 2.75) is 45.6 Å². The number of hydrogen-bond acceptors (Lipinski definition) is 2. The molecule has 0 unspecified atom stereocenters. The molecule has 0 saturated heterocycles. The van der Waals surface area contributed by atoms with Gasteiger partial charge in [-0.25, -0.2) is 0 Å². The summed E-state index contributed by atoms with van der Waals surface area (Å²) in [5.74, 6) is 1.75. The van der Waals surface area contributed by atoms with Gasteiger partial charge in [0.05, 0.1) is 11.7 Å². The molecule has 0 bridgehead atoms. The Morgan fingerprint density at radius 3 is 2.74 bits per heavy atom. The molecule has 2 aromatic rings. The summed E-state index contributed by atoms with van der Waals surface area (Å²) in [6, 6.07) is 6.94. The molecule has 2 N–H and O–H groups in total. The van der Waals surface area contributed by atoms with E-state index in [9.17, 15) is 0 Å². The van der Waals surface area contributed by atoms with E-state index in [-0.39, 0.29) is 0 Å². The lowest BCUT2D eigenvalue weighted by Gasteiger charge is -2.32. The Balaban J connectivity index is 1.68. The second kappa shape index (κ2) is 5.24.